The quantitative estimate of drug-likeness (QED) is 0.672. The molecule has 90 valence electrons. The SMILES string of the molecule is CN(CC(C)(C)C)C1CC(C(C)(C)C)C1. The van der Waals surface area contributed by atoms with E-state index in [0.717, 1.165) is 12.0 Å². The molecule has 0 aromatic heterocycles. The molecule has 1 rings (SSSR count). The van der Waals surface area contributed by atoms with Crippen LogP contribution in [-0.2, 0) is 0 Å². The van der Waals surface area contributed by atoms with Gasteiger partial charge in [-0.05, 0) is 36.6 Å². The molecule has 1 nitrogen and oxygen atoms in total. The predicted molar refractivity (Wildman–Crippen MR) is 68.1 cm³/mol. The molecule has 1 saturated carbocycles. The lowest BCUT2D eigenvalue weighted by Gasteiger charge is -2.48. The normalized spacial score (nSPS) is 28.0. The highest BCUT2D eigenvalue weighted by atomic mass is 15.1. The van der Waals surface area contributed by atoms with Crippen molar-refractivity contribution in [1.29, 1.82) is 0 Å². The van der Waals surface area contributed by atoms with Gasteiger partial charge in [0.05, 0.1) is 0 Å². The molecule has 0 aliphatic heterocycles. The van der Waals surface area contributed by atoms with Gasteiger partial charge in [0, 0.05) is 12.6 Å². The van der Waals surface area contributed by atoms with E-state index >= 15 is 0 Å². The summed E-state index contributed by atoms with van der Waals surface area (Å²) in [6.07, 6.45) is 2.80. The summed E-state index contributed by atoms with van der Waals surface area (Å²) in [5, 5.41) is 0. The number of rotatable bonds is 2. The minimum Gasteiger partial charge on any atom is -0.303 e. The largest absolute Gasteiger partial charge is 0.303 e. The summed E-state index contributed by atoms with van der Waals surface area (Å²) in [5.74, 6) is 0.935. The zero-order valence-corrected chi connectivity index (χ0v) is 11.7. The lowest BCUT2D eigenvalue weighted by molar-refractivity contribution is 0.0204. The van der Waals surface area contributed by atoms with Gasteiger partial charge in [-0.3, -0.25) is 0 Å². The van der Waals surface area contributed by atoms with Crippen LogP contribution in [0.1, 0.15) is 54.4 Å². The summed E-state index contributed by atoms with van der Waals surface area (Å²) in [6, 6.07) is 0.841. The topological polar surface area (TPSA) is 3.24 Å². The molecular formula is C14H29N. The third-order valence-electron chi connectivity index (χ3n) is 3.69. The molecule has 0 heterocycles. The average molecular weight is 211 g/mol. The highest BCUT2D eigenvalue weighted by molar-refractivity contribution is 4.92. The van der Waals surface area contributed by atoms with Crippen LogP contribution in [0.2, 0.25) is 0 Å². The van der Waals surface area contributed by atoms with Crippen molar-refractivity contribution in [3.05, 3.63) is 0 Å². The maximum Gasteiger partial charge on any atom is 0.00981 e. The molecule has 1 aliphatic rings. The molecule has 1 fully saturated rings. The van der Waals surface area contributed by atoms with Gasteiger partial charge in [0.1, 0.15) is 0 Å². The van der Waals surface area contributed by atoms with Crippen LogP contribution in [-0.4, -0.2) is 24.5 Å². The second-order valence-electron chi connectivity index (χ2n) is 7.66. The molecule has 15 heavy (non-hydrogen) atoms. The van der Waals surface area contributed by atoms with E-state index in [2.05, 4.69) is 53.5 Å². The van der Waals surface area contributed by atoms with Gasteiger partial charge in [-0.15, -0.1) is 0 Å². The van der Waals surface area contributed by atoms with Crippen LogP contribution < -0.4 is 0 Å². The van der Waals surface area contributed by atoms with Crippen LogP contribution in [0.4, 0.5) is 0 Å². The van der Waals surface area contributed by atoms with Crippen LogP contribution in [0.15, 0.2) is 0 Å². The lowest BCUT2D eigenvalue weighted by atomic mass is 9.65. The third kappa shape index (κ3) is 3.79. The first-order valence-corrected chi connectivity index (χ1v) is 6.30. The van der Waals surface area contributed by atoms with Gasteiger partial charge in [-0.2, -0.15) is 0 Å². The van der Waals surface area contributed by atoms with Crippen molar-refractivity contribution in [2.75, 3.05) is 13.6 Å². The van der Waals surface area contributed by atoms with Crippen molar-refractivity contribution < 1.29 is 0 Å². The van der Waals surface area contributed by atoms with E-state index in [1.165, 1.54) is 19.4 Å². The minimum atomic E-state index is 0.432. The molecular weight excluding hydrogens is 182 g/mol. The molecule has 0 N–H and O–H groups in total. The molecule has 1 aliphatic carbocycles. The molecule has 0 spiro atoms. The Hall–Kier alpha value is -0.0400. The standard InChI is InChI=1S/C14H29N/c1-13(2,3)10-15(7)12-8-11(9-12)14(4,5)6/h11-12H,8-10H2,1-7H3. The van der Waals surface area contributed by atoms with E-state index in [1.807, 2.05) is 0 Å². The number of hydrogen-bond donors (Lipinski definition) is 0. The smallest absolute Gasteiger partial charge is 0.00981 e. The lowest BCUT2D eigenvalue weighted by Crippen LogP contribution is -2.48. The Bertz CT molecular complexity index is 200. The van der Waals surface area contributed by atoms with Gasteiger partial charge in [0.15, 0.2) is 0 Å². The Kier molecular flexibility index (Phi) is 3.55. The van der Waals surface area contributed by atoms with Crippen molar-refractivity contribution in [3.63, 3.8) is 0 Å². The van der Waals surface area contributed by atoms with E-state index in [1.54, 1.807) is 0 Å². The van der Waals surface area contributed by atoms with Gasteiger partial charge >= 0.3 is 0 Å². The van der Waals surface area contributed by atoms with Crippen molar-refractivity contribution in [1.82, 2.24) is 4.90 Å². The third-order valence-corrected chi connectivity index (χ3v) is 3.69. The van der Waals surface area contributed by atoms with Crippen LogP contribution in [0.5, 0.6) is 0 Å². The fourth-order valence-electron chi connectivity index (χ4n) is 2.53. The van der Waals surface area contributed by atoms with Crippen LogP contribution in [0.3, 0.4) is 0 Å². The first-order chi connectivity index (χ1) is 6.59. The molecule has 0 amide bonds. The number of hydrogen-bond acceptors (Lipinski definition) is 1. The van der Waals surface area contributed by atoms with E-state index in [-0.39, 0.29) is 0 Å². The maximum atomic E-state index is 2.56. The molecule has 0 aromatic rings. The average Bonchev–Trinajstić information content (AvgIpc) is 1.72. The van der Waals surface area contributed by atoms with Crippen LogP contribution >= 0.6 is 0 Å². The maximum absolute atomic E-state index is 2.56. The predicted octanol–water partition coefficient (Wildman–Crippen LogP) is 3.79. The summed E-state index contributed by atoms with van der Waals surface area (Å²) >= 11 is 0. The van der Waals surface area contributed by atoms with Crippen molar-refractivity contribution in [3.8, 4) is 0 Å². The molecule has 0 aromatic carbocycles. The Morgan fingerprint density at radius 2 is 1.47 bits per heavy atom. The Balaban J connectivity index is 2.33. The molecule has 0 radical (unpaired) electrons. The second-order valence-corrected chi connectivity index (χ2v) is 7.66. The van der Waals surface area contributed by atoms with Gasteiger partial charge < -0.3 is 4.90 Å². The fourth-order valence-corrected chi connectivity index (χ4v) is 2.53. The van der Waals surface area contributed by atoms with Crippen molar-refractivity contribution >= 4 is 0 Å². The summed E-state index contributed by atoms with van der Waals surface area (Å²) in [7, 11) is 2.29. The molecule has 0 atom stereocenters. The Morgan fingerprint density at radius 3 is 1.80 bits per heavy atom. The van der Waals surface area contributed by atoms with Crippen LogP contribution in [0.25, 0.3) is 0 Å². The van der Waals surface area contributed by atoms with Gasteiger partial charge in [-0.25, -0.2) is 0 Å². The molecule has 0 bridgehead atoms. The zero-order chi connectivity index (χ0) is 11.9. The van der Waals surface area contributed by atoms with Crippen molar-refractivity contribution in [2.45, 2.75) is 60.4 Å². The number of nitrogens with zero attached hydrogens (tertiary/aromatic N) is 1. The Labute approximate surface area is 96.2 Å². The van der Waals surface area contributed by atoms with Gasteiger partial charge in [-0.1, -0.05) is 41.5 Å². The monoisotopic (exact) mass is 211 g/mol. The summed E-state index contributed by atoms with van der Waals surface area (Å²) in [6.45, 7) is 15.3. The van der Waals surface area contributed by atoms with Crippen LogP contribution in [0, 0.1) is 16.7 Å². The first kappa shape index (κ1) is 13.0. The Morgan fingerprint density at radius 1 is 1.00 bits per heavy atom. The first-order valence-electron chi connectivity index (χ1n) is 6.30. The summed E-state index contributed by atoms with van der Waals surface area (Å²) in [4.78, 5) is 2.56. The highest BCUT2D eigenvalue weighted by Gasteiger charge is 2.39. The molecule has 0 unspecified atom stereocenters. The van der Waals surface area contributed by atoms with Gasteiger partial charge in [0.25, 0.3) is 0 Å². The minimum absolute atomic E-state index is 0.432. The zero-order valence-electron chi connectivity index (χ0n) is 11.7. The second kappa shape index (κ2) is 4.08. The fraction of sp³-hybridized carbons (Fsp3) is 1.00. The van der Waals surface area contributed by atoms with E-state index in [0.29, 0.717) is 10.8 Å². The van der Waals surface area contributed by atoms with E-state index < -0.39 is 0 Å². The summed E-state index contributed by atoms with van der Waals surface area (Å²) in [5.41, 5.74) is 0.945. The van der Waals surface area contributed by atoms with E-state index in [4.69, 9.17) is 0 Å². The van der Waals surface area contributed by atoms with Crippen molar-refractivity contribution in [2.24, 2.45) is 16.7 Å². The molecule has 0 saturated heterocycles. The highest BCUT2D eigenvalue weighted by Crippen LogP contribution is 2.43. The summed E-state index contributed by atoms with van der Waals surface area (Å²) < 4.78 is 0. The molecule has 1 heteroatoms. The van der Waals surface area contributed by atoms with E-state index in [9.17, 15) is 0 Å². The van der Waals surface area contributed by atoms with Gasteiger partial charge in [0.2, 0.25) is 0 Å².